The minimum Gasteiger partial charge on any atom is -0.478 e. The molecule has 5 heteroatoms. The third kappa shape index (κ3) is 2.95. The molecular weight excluding hydrogens is 270 g/mol. The van der Waals surface area contributed by atoms with Crippen LogP contribution in [-0.4, -0.2) is 51.5 Å². The third-order valence-corrected chi connectivity index (χ3v) is 4.83. The minimum atomic E-state index is -0.895. The predicted molar refractivity (Wildman–Crippen MR) is 76.9 cm³/mol. The van der Waals surface area contributed by atoms with E-state index < -0.39 is 18.2 Å². The Kier molecular flexibility index (Phi) is 3.97. The van der Waals surface area contributed by atoms with Gasteiger partial charge in [0.1, 0.15) is 0 Å². The molecule has 0 bridgehead atoms. The largest absolute Gasteiger partial charge is 0.478 e. The average Bonchev–Trinajstić information content (AvgIpc) is 2.81. The van der Waals surface area contributed by atoms with Gasteiger partial charge in [-0.25, -0.2) is 4.79 Å². The van der Waals surface area contributed by atoms with Crippen molar-refractivity contribution >= 4 is 5.97 Å². The van der Waals surface area contributed by atoms with Gasteiger partial charge >= 0.3 is 5.97 Å². The van der Waals surface area contributed by atoms with Gasteiger partial charge in [0.15, 0.2) is 0 Å². The van der Waals surface area contributed by atoms with Crippen molar-refractivity contribution in [2.75, 3.05) is 13.1 Å². The second-order valence-corrected chi connectivity index (χ2v) is 6.28. The lowest BCUT2D eigenvalue weighted by Crippen LogP contribution is -2.38. The SMILES string of the molecule is O=C(O)c1ccccc1CN1C[C@H]2C[C@H](O)[C@@H](O)C[C@H]2C1. The van der Waals surface area contributed by atoms with Crippen LogP contribution >= 0.6 is 0 Å². The van der Waals surface area contributed by atoms with Gasteiger partial charge in [-0.05, 0) is 36.3 Å². The van der Waals surface area contributed by atoms with E-state index in [0.29, 0.717) is 36.8 Å². The summed E-state index contributed by atoms with van der Waals surface area (Å²) < 4.78 is 0. The molecule has 4 atom stereocenters. The van der Waals surface area contributed by atoms with E-state index >= 15 is 0 Å². The van der Waals surface area contributed by atoms with Crippen LogP contribution in [0, 0.1) is 11.8 Å². The highest BCUT2D eigenvalue weighted by atomic mass is 16.4. The van der Waals surface area contributed by atoms with Crippen molar-refractivity contribution in [3.8, 4) is 0 Å². The Hall–Kier alpha value is -1.43. The molecule has 1 saturated carbocycles. The van der Waals surface area contributed by atoms with Gasteiger partial charge in [-0.15, -0.1) is 0 Å². The fourth-order valence-corrected chi connectivity index (χ4v) is 3.74. The van der Waals surface area contributed by atoms with Gasteiger partial charge in [0.2, 0.25) is 0 Å². The van der Waals surface area contributed by atoms with Crippen molar-refractivity contribution in [3.05, 3.63) is 35.4 Å². The van der Waals surface area contributed by atoms with Crippen molar-refractivity contribution in [1.29, 1.82) is 0 Å². The van der Waals surface area contributed by atoms with E-state index in [9.17, 15) is 20.1 Å². The smallest absolute Gasteiger partial charge is 0.336 e. The van der Waals surface area contributed by atoms with E-state index in [1.807, 2.05) is 12.1 Å². The van der Waals surface area contributed by atoms with Crippen molar-refractivity contribution in [3.63, 3.8) is 0 Å². The molecular formula is C16H21NO4. The number of aliphatic hydroxyl groups excluding tert-OH is 2. The number of aliphatic hydroxyl groups is 2. The maximum absolute atomic E-state index is 11.2. The summed E-state index contributed by atoms with van der Waals surface area (Å²) in [5.74, 6) is -0.0890. The van der Waals surface area contributed by atoms with Gasteiger partial charge in [0.25, 0.3) is 0 Å². The number of fused-ring (bicyclic) bond motifs is 1. The van der Waals surface area contributed by atoms with E-state index in [-0.39, 0.29) is 0 Å². The van der Waals surface area contributed by atoms with Crippen molar-refractivity contribution in [2.45, 2.75) is 31.6 Å². The topological polar surface area (TPSA) is 81.0 Å². The van der Waals surface area contributed by atoms with Crippen LogP contribution in [-0.2, 0) is 6.54 Å². The van der Waals surface area contributed by atoms with Gasteiger partial charge in [-0.1, -0.05) is 18.2 Å². The van der Waals surface area contributed by atoms with Crippen LogP contribution in [0.5, 0.6) is 0 Å². The third-order valence-electron chi connectivity index (χ3n) is 4.83. The summed E-state index contributed by atoms with van der Waals surface area (Å²) in [6.45, 7) is 2.34. The van der Waals surface area contributed by atoms with Gasteiger partial charge in [0.05, 0.1) is 17.8 Å². The second kappa shape index (κ2) is 5.75. The number of carboxylic acid groups (broad SMARTS) is 1. The molecule has 0 amide bonds. The fourth-order valence-electron chi connectivity index (χ4n) is 3.74. The quantitative estimate of drug-likeness (QED) is 0.772. The molecule has 0 spiro atoms. The zero-order valence-electron chi connectivity index (χ0n) is 11.9. The number of likely N-dealkylation sites (tertiary alicyclic amines) is 1. The molecule has 1 aromatic carbocycles. The molecule has 3 N–H and O–H groups in total. The summed E-state index contributed by atoms with van der Waals surface area (Å²) in [7, 11) is 0. The summed E-state index contributed by atoms with van der Waals surface area (Å²) in [4.78, 5) is 13.5. The molecule has 5 nitrogen and oxygen atoms in total. The first-order valence-corrected chi connectivity index (χ1v) is 7.44. The fraction of sp³-hybridized carbons (Fsp3) is 0.562. The molecule has 1 aliphatic carbocycles. The Morgan fingerprint density at radius 2 is 1.67 bits per heavy atom. The Bertz CT molecular complexity index is 515. The molecule has 2 fully saturated rings. The van der Waals surface area contributed by atoms with Gasteiger partial charge in [0, 0.05) is 19.6 Å². The number of rotatable bonds is 3. The number of hydrogen-bond donors (Lipinski definition) is 3. The number of aromatic carboxylic acids is 1. The van der Waals surface area contributed by atoms with Gasteiger partial charge in [-0.2, -0.15) is 0 Å². The maximum atomic E-state index is 11.2. The number of benzene rings is 1. The number of nitrogens with zero attached hydrogens (tertiary/aromatic N) is 1. The average molecular weight is 291 g/mol. The van der Waals surface area contributed by atoms with E-state index in [1.165, 1.54) is 0 Å². The molecule has 114 valence electrons. The van der Waals surface area contributed by atoms with E-state index in [1.54, 1.807) is 12.1 Å². The van der Waals surface area contributed by atoms with Crippen LogP contribution in [0.25, 0.3) is 0 Å². The van der Waals surface area contributed by atoms with Crippen LogP contribution in [0.15, 0.2) is 24.3 Å². The summed E-state index contributed by atoms with van der Waals surface area (Å²) >= 11 is 0. The molecule has 0 unspecified atom stereocenters. The summed E-state index contributed by atoms with van der Waals surface area (Å²) in [6, 6.07) is 7.09. The molecule has 0 radical (unpaired) electrons. The maximum Gasteiger partial charge on any atom is 0.336 e. The van der Waals surface area contributed by atoms with Crippen LogP contribution in [0.2, 0.25) is 0 Å². The number of hydrogen-bond acceptors (Lipinski definition) is 4. The zero-order valence-corrected chi connectivity index (χ0v) is 11.9. The lowest BCUT2D eigenvalue weighted by molar-refractivity contribution is -0.0372. The second-order valence-electron chi connectivity index (χ2n) is 6.28. The monoisotopic (exact) mass is 291 g/mol. The van der Waals surface area contributed by atoms with Crippen LogP contribution < -0.4 is 0 Å². The van der Waals surface area contributed by atoms with Crippen LogP contribution in [0.4, 0.5) is 0 Å². The first-order chi connectivity index (χ1) is 10.0. The molecule has 2 aliphatic rings. The van der Waals surface area contributed by atoms with Crippen LogP contribution in [0.3, 0.4) is 0 Å². The predicted octanol–water partition coefficient (Wildman–Crippen LogP) is 0.948. The van der Waals surface area contributed by atoms with E-state index in [4.69, 9.17) is 0 Å². The lowest BCUT2D eigenvalue weighted by atomic mass is 9.79. The normalized spacial score (nSPS) is 32.9. The van der Waals surface area contributed by atoms with Crippen molar-refractivity contribution in [2.24, 2.45) is 11.8 Å². The minimum absolute atomic E-state index is 0.354. The van der Waals surface area contributed by atoms with E-state index in [2.05, 4.69) is 4.90 Å². The standard InChI is InChI=1S/C16H21NO4/c18-14-5-11-8-17(9-12(11)6-15(14)19)7-10-3-1-2-4-13(10)16(20)21/h1-4,11-12,14-15,18-19H,5-9H2,(H,20,21)/t11-,12+,14-,15-/m0/s1. The summed E-state index contributed by atoms with van der Waals surface area (Å²) in [5.41, 5.74) is 1.18. The molecule has 0 aromatic heterocycles. The van der Waals surface area contributed by atoms with Gasteiger partial charge < -0.3 is 15.3 Å². The Labute approximate surface area is 123 Å². The van der Waals surface area contributed by atoms with Gasteiger partial charge in [-0.3, -0.25) is 4.90 Å². The molecule has 1 aliphatic heterocycles. The number of carboxylic acids is 1. The first-order valence-electron chi connectivity index (χ1n) is 7.44. The lowest BCUT2D eigenvalue weighted by Gasteiger charge is -2.32. The van der Waals surface area contributed by atoms with E-state index in [0.717, 1.165) is 18.7 Å². The summed E-state index contributed by atoms with van der Waals surface area (Å²) in [6.07, 6.45) is 0.0567. The Balaban J connectivity index is 1.69. The number of carbonyl (C=O) groups is 1. The Morgan fingerprint density at radius 3 is 2.24 bits per heavy atom. The first kappa shape index (κ1) is 14.5. The van der Waals surface area contributed by atoms with Crippen molar-refractivity contribution in [1.82, 2.24) is 4.90 Å². The Morgan fingerprint density at radius 1 is 1.10 bits per heavy atom. The molecule has 1 aromatic rings. The van der Waals surface area contributed by atoms with Crippen LogP contribution in [0.1, 0.15) is 28.8 Å². The highest BCUT2D eigenvalue weighted by Gasteiger charge is 2.41. The highest BCUT2D eigenvalue weighted by molar-refractivity contribution is 5.89. The highest BCUT2D eigenvalue weighted by Crippen LogP contribution is 2.37. The molecule has 1 heterocycles. The molecule has 1 saturated heterocycles. The molecule has 21 heavy (non-hydrogen) atoms. The zero-order chi connectivity index (χ0) is 15.0. The van der Waals surface area contributed by atoms with Crippen molar-refractivity contribution < 1.29 is 20.1 Å². The summed E-state index contributed by atoms with van der Waals surface area (Å²) in [5, 5.41) is 28.8. The molecule has 3 rings (SSSR count).